The van der Waals surface area contributed by atoms with E-state index in [-0.39, 0.29) is 0 Å². The van der Waals surface area contributed by atoms with E-state index in [2.05, 4.69) is 23.7 Å². The Morgan fingerprint density at radius 2 is 2.40 bits per heavy atom. The first kappa shape index (κ1) is 6.38. The summed E-state index contributed by atoms with van der Waals surface area (Å²) in [5.74, 6) is 0.810. The van der Waals surface area contributed by atoms with Crippen LogP contribution >= 0.6 is 11.3 Å². The van der Waals surface area contributed by atoms with Gasteiger partial charge in [-0.3, -0.25) is 0 Å². The molecule has 2 heteroatoms. The lowest BCUT2D eigenvalue weighted by Crippen LogP contribution is -2.39. The molecule has 0 unspecified atom stereocenters. The minimum atomic E-state index is 0.810. The summed E-state index contributed by atoms with van der Waals surface area (Å²) in [6.45, 7) is 4.52. The summed E-state index contributed by atoms with van der Waals surface area (Å²) in [5.41, 5.74) is 1.53. The molecule has 0 aromatic carbocycles. The van der Waals surface area contributed by atoms with Crippen LogP contribution < -0.4 is 5.32 Å². The standard InChI is InChI=1S/C8H11NS/c1-6-2-7(5-10-6)8-3-9-4-8/h2,5,8-9H,3-4H2,1H3. The van der Waals surface area contributed by atoms with Crippen molar-refractivity contribution in [2.75, 3.05) is 13.1 Å². The zero-order valence-corrected chi connectivity index (χ0v) is 6.87. The quantitative estimate of drug-likeness (QED) is 0.648. The maximum absolute atomic E-state index is 3.27. The summed E-state index contributed by atoms with van der Waals surface area (Å²) in [5, 5.41) is 5.55. The fourth-order valence-electron chi connectivity index (χ4n) is 1.20. The molecule has 0 spiro atoms. The SMILES string of the molecule is Cc1cc(C2CNC2)cs1. The molecule has 0 saturated carbocycles. The van der Waals surface area contributed by atoms with Crippen LogP contribution in [0.15, 0.2) is 11.4 Å². The number of aryl methyl sites for hydroxylation is 1. The highest BCUT2D eigenvalue weighted by atomic mass is 32.1. The Bertz CT molecular complexity index is 225. The molecule has 1 aromatic heterocycles. The summed E-state index contributed by atoms with van der Waals surface area (Å²) in [6.07, 6.45) is 0. The van der Waals surface area contributed by atoms with Gasteiger partial charge in [-0.2, -0.15) is 0 Å². The summed E-state index contributed by atoms with van der Waals surface area (Å²) in [4.78, 5) is 1.43. The molecule has 0 aliphatic carbocycles. The van der Waals surface area contributed by atoms with Crippen molar-refractivity contribution in [2.45, 2.75) is 12.8 Å². The first-order chi connectivity index (χ1) is 4.86. The Morgan fingerprint density at radius 3 is 2.80 bits per heavy atom. The maximum Gasteiger partial charge on any atom is 0.00968 e. The Morgan fingerprint density at radius 1 is 1.60 bits per heavy atom. The van der Waals surface area contributed by atoms with E-state index < -0.39 is 0 Å². The molecule has 1 saturated heterocycles. The van der Waals surface area contributed by atoms with Gasteiger partial charge in [0.1, 0.15) is 0 Å². The molecule has 2 rings (SSSR count). The van der Waals surface area contributed by atoms with E-state index in [1.165, 1.54) is 23.5 Å². The van der Waals surface area contributed by atoms with Crippen LogP contribution in [0.25, 0.3) is 0 Å². The Labute approximate surface area is 65.1 Å². The fourth-order valence-corrected chi connectivity index (χ4v) is 1.99. The van der Waals surface area contributed by atoms with Gasteiger partial charge in [0.15, 0.2) is 0 Å². The highest BCUT2D eigenvalue weighted by molar-refractivity contribution is 7.10. The van der Waals surface area contributed by atoms with E-state index in [0.717, 1.165) is 5.92 Å². The van der Waals surface area contributed by atoms with Crippen molar-refractivity contribution in [1.82, 2.24) is 5.32 Å². The molecule has 54 valence electrons. The van der Waals surface area contributed by atoms with Crippen molar-refractivity contribution in [3.8, 4) is 0 Å². The lowest BCUT2D eigenvalue weighted by Gasteiger charge is -2.26. The third kappa shape index (κ3) is 0.976. The molecule has 2 heterocycles. The molecule has 1 aliphatic heterocycles. The van der Waals surface area contributed by atoms with Gasteiger partial charge in [-0.15, -0.1) is 11.3 Å². The van der Waals surface area contributed by atoms with Crippen LogP contribution in [0.1, 0.15) is 16.4 Å². The number of thiophene rings is 1. The molecule has 1 fully saturated rings. The smallest absolute Gasteiger partial charge is 0.00968 e. The molecular weight excluding hydrogens is 142 g/mol. The van der Waals surface area contributed by atoms with Gasteiger partial charge >= 0.3 is 0 Å². The third-order valence-electron chi connectivity index (χ3n) is 2.00. The first-order valence-electron chi connectivity index (χ1n) is 3.62. The Balaban J connectivity index is 2.17. The van der Waals surface area contributed by atoms with Crippen LogP contribution in [0.3, 0.4) is 0 Å². The van der Waals surface area contributed by atoms with Crippen LogP contribution in [0, 0.1) is 6.92 Å². The minimum absolute atomic E-state index is 0.810. The van der Waals surface area contributed by atoms with Crippen molar-refractivity contribution in [3.63, 3.8) is 0 Å². The predicted molar refractivity (Wildman–Crippen MR) is 44.7 cm³/mol. The molecule has 1 N–H and O–H groups in total. The van der Waals surface area contributed by atoms with E-state index >= 15 is 0 Å². The summed E-state index contributed by atoms with van der Waals surface area (Å²) < 4.78 is 0. The van der Waals surface area contributed by atoms with Crippen molar-refractivity contribution in [2.24, 2.45) is 0 Å². The normalized spacial score (nSPS) is 18.9. The number of hydrogen-bond acceptors (Lipinski definition) is 2. The second-order valence-electron chi connectivity index (χ2n) is 2.85. The monoisotopic (exact) mass is 153 g/mol. The molecular formula is C8H11NS. The number of rotatable bonds is 1. The van der Waals surface area contributed by atoms with Gasteiger partial charge in [0, 0.05) is 23.9 Å². The molecule has 10 heavy (non-hydrogen) atoms. The fraction of sp³-hybridized carbons (Fsp3) is 0.500. The van der Waals surface area contributed by atoms with Crippen LogP contribution in [0.2, 0.25) is 0 Å². The Hall–Kier alpha value is -0.340. The van der Waals surface area contributed by atoms with Crippen molar-refractivity contribution in [3.05, 3.63) is 21.9 Å². The maximum atomic E-state index is 3.27. The van der Waals surface area contributed by atoms with Crippen molar-refractivity contribution in [1.29, 1.82) is 0 Å². The average molecular weight is 153 g/mol. The summed E-state index contributed by atoms with van der Waals surface area (Å²) in [7, 11) is 0. The topological polar surface area (TPSA) is 12.0 Å². The molecule has 1 aliphatic rings. The van der Waals surface area contributed by atoms with Gasteiger partial charge in [0.05, 0.1) is 0 Å². The first-order valence-corrected chi connectivity index (χ1v) is 4.50. The van der Waals surface area contributed by atoms with Crippen LogP contribution in [0.5, 0.6) is 0 Å². The largest absolute Gasteiger partial charge is 0.315 e. The van der Waals surface area contributed by atoms with E-state index in [1.807, 2.05) is 11.3 Å². The number of hydrogen-bond donors (Lipinski definition) is 1. The molecule has 0 amide bonds. The molecule has 0 radical (unpaired) electrons. The van der Waals surface area contributed by atoms with Gasteiger partial charge in [-0.1, -0.05) is 0 Å². The Kier molecular flexibility index (Phi) is 1.51. The predicted octanol–water partition coefficient (Wildman–Crippen LogP) is 1.74. The van der Waals surface area contributed by atoms with Crippen LogP contribution in [-0.4, -0.2) is 13.1 Å². The van der Waals surface area contributed by atoms with E-state index in [4.69, 9.17) is 0 Å². The van der Waals surface area contributed by atoms with Gasteiger partial charge in [0.25, 0.3) is 0 Å². The zero-order chi connectivity index (χ0) is 6.97. The second-order valence-corrected chi connectivity index (χ2v) is 3.96. The van der Waals surface area contributed by atoms with Gasteiger partial charge in [-0.25, -0.2) is 0 Å². The van der Waals surface area contributed by atoms with Crippen molar-refractivity contribution >= 4 is 11.3 Å². The molecule has 0 bridgehead atoms. The lowest BCUT2D eigenvalue weighted by molar-refractivity contribution is 0.449. The highest BCUT2D eigenvalue weighted by Gasteiger charge is 2.18. The second kappa shape index (κ2) is 2.36. The van der Waals surface area contributed by atoms with Crippen molar-refractivity contribution < 1.29 is 0 Å². The van der Waals surface area contributed by atoms with Gasteiger partial charge in [-0.05, 0) is 23.9 Å². The third-order valence-corrected chi connectivity index (χ3v) is 2.88. The van der Waals surface area contributed by atoms with Gasteiger partial charge < -0.3 is 5.32 Å². The van der Waals surface area contributed by atoms with E-state index in [9.17, 15) is 0 Å². The minimum Gasteiger partial charge on any atom is -0.315 e. The molecule has 0 atom stereocenters. The molecule has 1 aromatic rings. The number of nitrogens with one attached hydrogen (secondary N) is 1. The lowest BCUT2D eigenvalue weighted by atomic mass is 9.96. The van der Waals surface area contributed by atoms with Gasteiger partial charge in [0.2, 0.25) is 0 Å². The van der Waals surface area contributed by atoms with E-state index in [0.29, 0.717) is 0 Å². The molecule has 1 nitrogen and oxygen atoms in total. The zero-order valence-electron chi connectivity index (χ0n) is 6.05. The summed E-state index contributed by atoms with van der Waals surface area (Å²) in [6, 6.07) is 2.30. The van der Waals surface area contributed by atoms with Crippen LogP contribution in [0.4, 0.5) is 0 Å². The average Bonchev–Trinajstić information content (AvgIpc) is 2.10. The van der Waals surface area contributed by atoms with E-state index in [1.54, 1.807) is 0 Å². The highest BCUT2D eigenvalue weighted by Crippen LogP contribution is 2.24. The summed E-state index contributed by atoms with van der Waals surface area (Å²) >= 11 is 1.85. The van der Waals surface area contributed by atoms with Crippen LogP contribution in [-0.2, 0) is 0 Å².